The van der Waals surface area contributed by atoms with Crippen LogP contribution < -0.4 is 0 Å². The molecule has 0 aliphatic heterocycles. The van der Waals surface area contributed by atoms with E-state index in [1.807, 2.05) is 0 Å². The standard InChI is InChI=1S/C5H4OS/c7-5-1-3-6-4-2-5/h1-4H. The number of hydrogen-bond acceptors (Lipinski definition) is 2. The van der Waals surface area contributed by atoms with Crippen LogP contribution in [-0.4, -0.2) is 0 Å². The van der Waals surface area contributed by atoms with Crippen LogP contribution in [0.1, 0.15) is 0 Å². The van der Waals surface area contributed by atoms with E-state index in [0.29, 0.717) is 0 Å². The van der Waals surface area contributed by atoms with Crippen molar-refractivity contribution in [3.63, 3.8) is 0 Å². The molecule has 0 aliphatic rings. The van der Waals surface area contributed by atoms with Gasteiger partial charge in [-0.2, -0.15) is 0 Å². The quantitative estimate of drug-likeness (QED) is 0.476. The fourth-order valence-corrected chi connectivity index (χ4v) is 0.425. The first kappa shape index (κ1) is 4.53. The molecule has 0 fully saturated rings. The van der Waals surface area contributed by atoms with Crippen LogP contribution in [0, 0.1) is 4.51 Å². The van der Waals surface area contributed by atoms with Crippen molar-refractivity contribution in [3.05, 3.63) is 29.2 Å². The van der Waals surface area contributed by atoms with Gasteiger partial charge in [-0.25, -0.2) is 0 Å². The fraction of sp³-hybridized carbons (Fsp3) is 0. The molecule has 0 unspecified atom stereocenters. The molecule has 1 aromatic rings. The molecule has 1 heterocycles. The maximum Gasteiger partial charge on any atom is 0.0915 e. The van der Waals surface area contributed by atoms with E-state index in [2.05, 4.69) is 0 Å². The lowest BCUT2D eigenvalue weighted by Crippen LogP contribution is -1.54. The van der Waals surface area contributed by atoms with Gasteiger partial charge < -0.3 is 4.42 Å². The largest absolute Gasteiger partial charge is 0.473 e. The van der Waals surface area contributed by atoms with Gasteiger partial charge in [-0.3, -0.25) is 0 Å². The van der Waals surface area contributed by atoms with Gasteiger partial charge in [-0.05, 0) is 12.1 Å². The van der Waals surface area contributed by atoms with Crippen LogP contribution in [0.3, 0.4) is 0 Å². The van der Waals surface area contributed by atoms with E-state index < -0.39 is 0 Å². The van der Waals surface area contributed by atoms with Gasteiger partial charge in [-0.1, -0.05) is 12.2 Å². The Labute approximate surface area is 46.6 Å². The molecule has 36 valence electrons. The summed E-state index contributed by atoms with van der Waals surface area (Å²) in [5.41, 5.74) is 0. The first-order chi connectivity index (χ1) is 3.39. The smallest absolute Gasteiger partial charge is 0.0915 e. The van der Waals surface area contributed by atoms with E-state index in [0.717, 1.165) is 4.51 Å². The van der Waals surface area contributed by atoms with Crippen molar-refractivity contribution >= 4 is 12.2 Å². The summed E-state index contributed by atoms with van der Waals surface area (Å²) in [7, 11) is 0. The molecule has 0 aliphatic carbocycles. The van der Waals surface area contributed by atoms with Crippen molar-refractivity contribution in [2.24, 2.45) is 0 Å². The van der Waals surface area contributed by atoms with Gasteiger partial charge in [0.15, 0.2) is 0 Å². The van der Waals surface area contributed by atoms with E-state index in [-0.39, 0.29) is 0 Å². The van der Waals surface area contributed by atoms with Crippen LogP contribution in [0.4, 0.5) is 0 Å². The molecule has 0 aromatic carbocycles. The Bertz CT molecular complexity index is 174. The Balaban J connectivity index is 3.28. The van der Waals surface area contributed by atoms with Crippen LogP contribution in [0.2, 0.25) is 0 Å². The summed E-state index contributed by atoms with van der Waals surface area (Å²) in [6.45, 7) is 0. The third-order valence-corrected chi connectivity index (χ3v) is 0.894. The number of hydrogen-bond donors (Lipinski definition) is 0. The van der Waals surface area contributed by atoms with Crippen molar-refractivity contribution in [2.75, 3.05) is 0 Å². The van der Waals surface area contributed by atoms with Gasteiger partial charge in [0.25, 0.3) is 0 Å². The highest BCUT2D eigenvalue weighted by atomic mass is 32.1. The maximum atomic E-state index is 4.75. The van der Waals surface area contributed by atoms with Crippen molar-refractivity contribution in [3.8, 4) is 0 Å². The zero-order valence-corrected chi connectivity index (χ0v) is 4.44. The third kappa shape index (κ3) is 1.12. The Kier molecular flexibility index (Phi) is 1.22. The lowest BCUT2D eigenvalue weighted by atomic mass is 10.5. The van der Waals surface area contributed by atoms with Gasteiger partial charge in [-0.15, -0.1) is 0 Å². The summed E-state index contributed by atoms with van der Waals surface area (Å²) in [5, 5.41) is 0. The highest BCUT2D eigenvalue weighted by Crippen LogP contribution is 1.86. The van der Waals surface area contributed by atoms with E-state index in [9.17, 15) is 0 Å². The second kappa shape index (κ2) is 1.89. The number of rotatable bonds is 0. The molecule has 1 rings (SSSR count). The molecule has 1 nitrogen and oxygen atoms in total. The first-order valence-electron chi connectivity index (χ1n) is 1.92. The third-order valence-electron chi connectivity index (χ3n) is 0.622. The molecule has 1 aromatic heterocycles. The monoisotopic (exact) mass is 112 g/mol. The Morgan fingerprint density at radius 1 is 1.29 bits per heavy atom. The zero-order chi connectivity index (χ0) is 5.11. The highest BCUT2D eigenvalue weighted by Gasteiger charge is 1.68. The van der Waals surface area contributed by atoms with Crippen molar-refractivity contribution in [1.82, 2.24) is 0 Å². The zero-order valence-electron chi connectivity index (χ0n) is 3.63. The highest BCUT2D eigenvalue weighted by molar-refractivity contribution is 7.71. The summed E-state index contributed by atoms with van der Waals surface area (Å²) in [4.78, 5) is 0. The normalized spacial score (nSPS) is 8.57. The molecule has 0 atom stereocenters. The lowest BCUT2D eigenvalue weighted by Gasteiger charge is -1.75. The van der Waals surface area contributed by atoms with E-state index in [1.165, 1.54) is 0 Å². The van der Waals surface area contributed by atoms with E-state index in [1.54, 1.807) is 24.7 Å². The molecular weight excluding hydrogens is 108 g/mol. The van der Waals surface area contributed by atoms with Crippen LogP contribution in [-0.2, 0) is 0 Å². The molecule has 0 N–H and O–H groups in total. The van der Waals surface area contributed by atoms with Crippen molar-refractivity contribution in [2.45, 2.75) is 0 Å². The minimum absolute atomic E-state index is 0.811. The minimum atomic E-state index is 0.811. The second-order valence-electron chi connectivity index (χ2n) is 1.14. The lowest BCUT2D eigenvalue weighted by molar-refractivity contribution is 0.549. The Hall–Kier alpha value is -0.630. The molecule has 0 amide bonds. The van der Waals surface area contributed by atoms with E-state index in [4.69, 9.17) is 16.6 Å². The van der Waals surface area contributed by atoms with Gasteiger partial charge >= 0.3 is 0 Å². The van der Waals surface area contributed by atoms with Gasteiger partial charge in [0.05, 0.1) is 12.5 Å². The molecule has 7 heavy (non-hydrogen) atoms. The molecular formula is C5H4OS. The summed E-state index contributed by atoms with van der Waals surface area (Å²) in [6.07, 6.45) is 3.12. The molecule has 0 spiro atoms. The summed E-state index contributed by atoms with van der Waals surface area (Å²) < 4.78 is 5.50. The van der Waals surface area contributed by atoms with Crippen molar-refractivity contribution < 1.29 is 4.42 Å². The van der Waals surface area contributed by atoms with Crippen LogP contribution in [0.25, 0.3) is 0 Å². The Morgan fingerprint density at radius 3 is 2.14 bits per heavy atom. The predicted molar refractivity (Wildman–Crippen MR) is 29.5 cm³/mol. The van der Waals surface area contributed by atoms with Crippen LogP contribution in [0.15, 0.2) is 29.1 Å². The van der Waals surface area contributed by atoms with Crippen LogP contribution in [0.5, 0.6) is 0 Å². The molecule has 0 radical (unpaired) electrons. The first-order valence-corrected chi connectivity index (χ1v) is 2.33. The second-order valence-corrected chi connectivity index (χ2v) is 1.62. The minimum Gasteiger partial charge on any atom is -0.473 e. The summed E-state index contributed by atoms with van der Waals surface area (Å²) in [5.74, 6) is 0. The summed E-state index contributed by atoms with van der Waals surface area (Å²) in [6, 6.07) is 3.46. The van der Waals surface area contributed by atoms with Gasteiger partial charge in [0.2, 0.25) is 0 Å². The Morgan fingerprint density at radius 2 is 1.86 bits per heavy atom. The average molecular weight is 112 g/mol. The maximum absolute atomic E-state index is 4.75. The van der Waals surface area contributed by atoms with Crippen LogP contribution >= 0.6 is 12.2 Å². The SMILES string of the molecule is S=c1ccocc1. The van der Waals surface area contributed by atoms with Crippen molar-refractivity contribution in [1.29, 1.82) is 0 Å². The molecule has 0 bridgehead atoms. The molecule has 2 heteroatoms. The predicted octanol–water partition coefficient (Wildman–Crippen LogP) is 2.01. The van der Waals surface area contributed by atoms with Gasteiger partial charge in [0.1, 0.15) is 0 Å². The molecule has 0 saturated heterocycles. The topological polar surface area (TPSA) is 13.1 Å². The fourth-order valence-electron chi connectivity index (χ4n) is 0.314. The molecule has 0 saturated carbocycles. The van der Waals surface area contributed by atoms with E-state index >= 15 is 0 Å². The average Bonchev–Trinajstić information content (AvgIpc) is 1.69. The van der Waals surface area contributed by atoms with Gasteiger partial charge in [0, 0.05) is 4.51 Å². The summed E-state index contributed by atoms with van der Waals surface area (Å²) >= 11 is 4.75.